The number of nitrogens with one attached hydrogen (secondary N) is 1. The average molecular weight is 254 g/mol. The van der Waals surface area contributed by atoms with Crippen LogP contribution in [0.5, 0.6) is 0 Å². The first-order valence-corrected chi connectivity index (χ1v) is 7.05. The fourth-order valence-corrected chi connectivity index (χ4v) is 3.23. The lowest BCUT2D eigenvalue weighted by atomic mass is 10.0. The molecule has 1 aliphatic heterocycles. The third-order valence-electron chi connectivity index (χ3n) is 4.26. The van der Waals surface area contributed by atoms with E-state index < -0.39 is 0 Å². The van der Waals surface area contributed by atoms with Crippen LogP contribution in [0.4, 0.5) is 5.82 Å². The summed E-state index contributed by atoms with van der Waals surface area (Å²) in [6.07, 6.45) is 7.83. The molecule has 4 nitrogen and oxygen atoms in total. The smallest absolute Gasteiger partial charge is 0.154 e. The number of nitrogens with zero attached hydrogens (tertiary/aromatic N) is 3. The van der Waals surface area contributed by atoms with Crippen molar-refractivity contribution >= 4 is 22.5 Å². The predicted molar refractivity (Wildman–Crippen MR) is 77.7 cm³/mol. The topological polar surface area (TPSA) is 36.3 Å². The van der Waals surface area contributed by atoms with Gasteiger partial charge in [-0.1, -0.05) is 0 Å². The molecule has 3 aromatic heterocycles. The summed E-state index contributed by atoms with van der Waals surface area (Å²) >= 11 is 0. The van der Waals surface area contributed by atoms with Gasteiger partial charge < -0.3 is 9.88 Å². The Balaban J connectivity index is 1.96. The maximum absolute atomic E-state index is 4.45. The van der Waals surface area contributed by atoms with Crippen LogP contribution in [0.1, 0.15) is 26.2 Å². The summed E-state index contributed by atoms with van der Waals surface area (Å²) in [6, 6.07) is 7.11. The molecule has 0 amide bonds. The molecule has 1 N–H and O–H groups in total. The molecule has 1 atom stereocenters. The summed E-state index contributed by atoms with van der Waals surface area (Å²) in [5, 5.41) is 0. The van der Waals surface area contributed by atoms with Gasteiger partial charge in [0, 0.05) is 18.8 Å². The normalized spacial score (nSPS) is 20.5. The van der Waals surface area contributed by atoms with Gasteiger partial charge in [0.2, 0.25) is 0 Å². The maximum atomic E-state index is 4.45. The van der Waals surface area contributed by atoms with Crippen LogP contribution in [0.25, 0.3) is 16.7 Å². The van der Waals surface area contributed by atoms with E-state index >= 15 is 0 Å². The number of piperidine rings is 1. The molecule has 0 aromatic carbocycles. The van der Waals surface area contributed by atoms with E-state index in [1.165, 1.54) is 30.6 Å². The molecule has 1 fully saturated rings. The zero-order valence-corrected chi connectivity index (χ0v) is 11.1. The number of H-pyrrole nitrogens is 1. The highest BCUT2D eigenvalue weighted by Crippen LogP contribution is 2.28. The van der Waals surface area contributed by atoms with Crippen molar-refractivity contribution in [2.45, 2.75) is 32.2 Å². The number of anilines is 1. The van der Waals surface area contributed by atoms with Crippen molar-refractivity contribution < 1.29 is 0 Å². The zero-order valence-electron chi connectivity index (χ0n) is 11.1. The van der Waals surface area contributed by atoms with E-state index in [1.54, 1.807) is 0 Å². The fraction of sp³-hybridized carbons (Fsp3) is 0.400. The van der Waals surface area contributed by atoms with Crippen molar-refractivity contribution in [3.63, 3.8) is 0 Å². The second kappa shape index (κ2) is 4.02. The van der Waals surface area contributed by atoms with Gasteiger partial charge >= 0.3 is 0 Å². The molecule has 0 spiro atoms. The Kier molecular flexibility index (Phi) is 2.31. The minimum atomic E-state index is 0.619. The average Bonchev–Trinajstić information content (AvgIpc) is 3.04. The van der Waals surface area contributed by atoms with Crippen molar-refractivity contribution in [2.75, 3.05) is 11.4 Å². The number of rotatable bonds is 1. The van der Waals surface area contributed by atoms with E-state index in [1.807, 2.05) is 12.4 Å². The molecule has 3 aromatic rings. The Morgan fingerprint density at radius 2 is 2.21 bits per heavy atom. The van der Waals surface area contributed by atoms with Gasteiger partial charge in [-0.05, 0) is 44.4 Å². The van der Waals surface area contributed by atoms with Gasteiger partial charge in [-0.15, -0.1) is 0 Å². The van der Waals surface area contributed by atoms with Gasteiger partial charge in [0.05, 0.1) is 17.2 Å². The van der Waals surface area contributed by atoms with E-state index in [0.717, 1.165) is 17.7 Å². The Labute approximate surface area is 112 Å². The minimum absolute atomic E-state index is 0.619. The Morgan fingerprint density at radius 3 is 3.11 bits per heavy atom. The monoisotopic (exact) mass is 254 g/mol. The van der Waals surface area contributed by atoms with Gasteiger partial charge in [0.1, 0.15) is 5.82 Å². The third kappa shape index (κ3) is 1.56. The summed E-state index contributed by atoms with van der Waals surface area (Å²) in [5.41, 5.74) is 3.28. The van der Waals surface area contributed by atoms with Crippen molar-refractivity contribution in [3.05, 3.63) is 30.6 Å². The lowest BCUT2D eigenvalue weighted by Gasteiger charge is -2.35. The number of hydrogen-bond acceptors (Lipinski definition) is 2. The molecular weight excluding hydrogens is 236 g/mol. The highest BCUT2D eigenvalue weighted by Gasteiger charge is 2.21. The molecule has 4 rings (SSSR count). The first-order chi connectivity index (χ1) is 9.34. The second-order valence-corrected chi connectivity index (χ2v) is 5.46. The molecule has 1 aliphatic rings. The van der Waals surface area contributed by atoms with Crippen molar-refractivity contribution in [1.82, 2.24) is 14.4 Å². The van der Waals surface area contributed by atoms with Gasteiger partial charge in [-0.25, -0.2) is 4.98 Å². The number of fused-ring (bicyclic) bond motifs is 3. The van der Waals surface area contributed by atoms with E-state index in [0.29, 0.717) is 6.04 Å². The van der Waals surface area contributed by atoms with Crippen LogP contribution in [-0.4, -0.2) is 27.0 Å². The standard InChI is InChI=1S/C15H18N4/c1-11-4-2-3-9-18(11)14-6-5-12-10-17-15-13(19(12)14)7-8-16-15/h5-8,10-11,16H,2-4,9H2,1H3. The lowest BCUT2D eigenvalue weighted by molar-refractivity contribution is 0.481. The number of aromatic nitrogens is 3. The van der Waals surface area contributed by atoms with Gasteiger partial charge in [-0.3, -0.25) is 4.40 Å². The van der Waals surface area contributed by atoms with Crippen LogP contribution in [0.15, 0.2) is 30.6 Å². The highest BCUT2D eigenvalue weighted by molar-refractivity contribution is 5.78. The van der Waals surface area contributed by atoms with Crippen molar-refractivity contribution in [3.8, 4) is 0 Å². The Bertz CT molecular complexity index is 724. The summed E-state index contributed by atoms with van der Waals surface area (Å²) in [5.74, 6) is 1.30. The molecule has 98 valence electrons. The third-order valence-corrected chi connectivity index (χ3v) is 4.26. The van der Waals surface area contributed by atoms with Crippen LogP contribution in [0.3, 0.4) is 0 Å². The Morgan fingerprint density at radius 1 is 1.26 bits per heavy atom. The van der Waals surface area contributed by atoms with Gasteiger partial charge in [-0.2, -0.15) is 0 Å². The predicted octanol–water partition coefficient (Wildman–Crippen LogP) is 3.19. The van der Waals surface area contributed by atoms with Crippen LogP contribution in [0, 0.1) is 0 Å². The van der Waals surface area contributed by atoms with Crippen LogP contribution in [-0.2, 0) is 0 Å². The molecular formula is C15H18N4. The first-order valence-electron chi connectivity index (χ1n) is 7.05. The molecule has 4 heterocycles. The van der Waals surface area contributed by atoms with E-state index in [2.05, 4.69) is 44.4 Å². The second-order valence-electron chi connectivity index (χ2n) is 5.46. The van der Waals surface area contributed by atoms with Crippen LogP contribution < -0.4 is 4.90 Å². The van der Waals surface area contributed by atoms with Crippen LogP contribution >= 0.6 is 0 Å². The largest absolute Gasteiger partial charge is 0.355 e. The van der Waals surface area contributed by atoms with Crippen LogP contribution in [0.2, 0.25) is 0 Å². The highest BCUT2D eigenvalue weighted by atomic mass is 15.2. The molecule has 0 bridgehead atoms. The molecule has 1 saturated heterocycles. The summed E-state index contributed by atoms with van der Waals surface area (Å²) in [7, 11) is 0. The van der Waals surface area contributed by atoms with E-state index in [-0.39, 0.29) is 0 Å². The molecule has 19 heavy (non-hydrogen) atoms. The van der Waals surface area contributed by atoms with Gasteiger partial charge in [0.25, 0.3) is 0 Å². The van der Waals surface area contributed by atoms with Gasteiger partial charge in [0.15, 0.2) is 5.65 Å². The summed E-state index contributed by atoms with van der Waals surface area (Å²) in [6.45, 7) is 3.48. The molecule has 1 unspecified atom stereocenters. The SMILES string of the molecule is CC1CCCCN1c1ccc2cnc3[nH]ccc3n12. The molecule has 0 aliphatic carbocycles. The molecule has 0 radical (unpaired) electrons. The number of aromatic amines is 1. The van der Waals surface area contributed by atoms with Crippen molar-refractivity contribution in [2.24, 2.45) is 0 Å². The number of hydrogen-bond donors (Lipinski definition) is 1. The fourth-order valence-electron chi connectivity index (χ4n) is 3.23. The Hall–Kier alpha value is -1.97. The van der Waals surface area contributed by atoms with Crippen molar-refractivity contribution in [1.29, 1.82) is 0 Å². The minimum Gasteiger partial charge on any atom is -0.355 e. The zero-order chi connectivity index (χ0) is 12.8. The summed E-state index contributed by atoms with van der Waals surface area (Å²) < 4.78 is 2.32. The quantitative estimate of drug-likeness (QED) is 0.724. The lowest BCUT2D eigenvalue weighted by Crippen LogP contribution is -2.38. The van der Waals surface area contributed by atoms with E-state index in [4.69, 9.17) is 0 Å². The first kappa shape index (κ1) is 10.9. The summed E-state index contributed by atoms with van der Waals surface area (Å²) in [4.78, 5) is 10.2. The molecule has 4 heteroatoms. The maximum Gasteiger partial charge on any atom is 0.154 e. The van der Waals surface area contributed by atoms with E-state index in [9.17, 15) is 0 Å². The molecule has 0 saturated carbocycles.